The SMILES string of the molecule is CCOC(OCC)c1ccc(OC(C)=O)c(OC)c1. The minimum absolute atomic E-state index is 0.380. The Labute approximate surface area is 113 Å². The highest BCUT2D eigenvalue weighted by molar-refractivity contribution is 5.70. The van der Waals surface area contributed by atoms with Gasteiger partial charge in [0.15, 0.2) is 17.8 Å². The third-order valence-corrected chi connectivity index (χ3v) is 2.35. The molecule has 5 nitrogen and oxygen atoms in total. The third-order valence-electron chi connectivity index (χ3n) is 2.35. The summed E-state index contributed by atoms with van der Waals surface area (Å²) in [6.45, 7) is 6.22. The van der Waals surface area contributed by atoms with Crippen molar-refractivity contribution >= 4 is 5.97 Å². The topological polar surface area (TPSA) is 54.0 Å². The molecular weight excluding hydrogens is 248 g/mol. The smallest absolute Gasteiger partial charge is 0.308 e. The Morgan fingerprint density at radius 2 is 1.79 bits per heavy atom. The summed E-state index contributed by atoms with van der Waals surface area (Å²) in [4.78, 5) is 11.0. The average molecular weight is 268 g/mol. The molecule has 19 heavy (non-hydrogen) atoms. The van der Waals surface area contributed by atoms with Crippen molar-refractivity contribution in [1.29, 1.82) is 0 Å². The molecule has 1 aromatic carbocycles. The molecule has 0 unspecified atom stereocenters. The lowest BCUT2D eigenvalue weighted by atomic mass is 10.2. The van der Waals surface area contributed by atoms with Crippen molar-refractivity contribution in [2.45, 2.75) is 27.1 Å². The van der Waals surface area contributed by atoms with Crippen LogP contribution in [0.15, 0.2) is 18.2 Å². The lowest BCUT2D eigenvalue weighted by molar-refractivity contribution is -0.140. The van der Waals surface area contributed by atoms with E-state index in [1.165, 1.54) is 14.0 Å². The summed E-state index contributed by atoms with van der Waals surface area (Å²) in [5, 5.41) is 0. The van der Waals surface area contributed by atoms with Crippen LogP contribution in [-0.4, -0.2) is 26.3 Å². The van der Waals surface area contributed by atoms with Crippen LogP contribution in [0, 0.1) is 0 Å². The number of methoxy groups -OCH3 is 1. The molecule has 5 heteroatoms. The molecule has 0 saturated carbocycles. The van der Waals surface area contributed by atoms with E-state index in [0.717, 1.165) is 5.56 Å². The quantitative estimate of drug-likeness (QED) is 0.432. The number of benzene rings is 1. The molecule has 106 valence electrons. The fourth-order valence-electron chi connectivity index (χ4n) is 1.61. The Balaban J connectivity index is 2.99. The highest BCUT2D eigenvalue weighted by Crippen LogP contribution is 2.31. The van der Waals surface area contributed by atoms with E-state index in [2.05, 4.69) is 0 Å². The molecule has 0 saturated heterocycles. The molecule has 0 N–H and O–H groups in total. The van der Waals surface area contributed by atoms with Gasteiger partial charge in [-0.15, -0.1) is 0 Å². The monoisotopic (exact) mass is 268 g/mol. The van der Waals surface area contributed by atoms with Gasteiger partial charge in [0, 0.05) is 25.7 Å². The van der Waals surface area contributed by atoms with Gasteiger partial charge in [0.25, 0.3) is 0 Å². The highest BCUT2D eigenvalue weighted by Gasteiger charge is 2.15. The van der Waals surface area contributed by atoms with E-state index >= 15 is 0 Å². The summed E-state index contributed by atoms with van der Waals surface area (Å²) < 4.78 is 21.3. The summed E-state index contributed by atoms with van der Waals surface area (Å²) in [6.07, 6.45) is -0.449. The average Bonchev–Trinajstić information content (AvgIpc) is 2.38. The van der Waals surface area contributed by atoms with Gasteiger partial charge in [-0.2, -0.15) is 0 Å². The van der Waals surface area contributed by atoms with Crippen molar-refractivity contribution in [1.82, 2.24) is 0 Å². The summed E-state index contributed by atoms with van der Waals surface area (Å²) in [5.41, 5.74) is 0.816. The van der Waals surface area contributed by atoms with Gasteiger partial charge in [-0.1, -0.05) is 0 Å². The van der Waals surface area contributed by atoms with E-state index < -0.39 is 12.3 Å². The molecule has 0 heterocycles. The molecule has 0 bridgehead atoms. The standard InChI is InChI=1S/C14H20O5/c1-5-17-14(18-6-2)11-7-8-12(19-10(3)15)13(9-11)16-4/h7-9,14H,5-6H2,1-4H3. The minimum Gasteiger partial charge on any atom is -0.493 e. The molecule has 0 atom stereocenters. The van der Waals surface area contributed by atoms with Gasteiger partial charge >= 0.3 is 5.97 Å². The van der Waals surface area contributed by atoms with Gasteiger partial charge in [-0.05, 0) is 32.0 Å². The van der Waals surface area contributed by atoms with Gasteiger partial charge in [0.2, 0.25) is 0 Å². The van der Waals surface area contributed by atoms with Crippen LogP contribution < -0.4 is 9.47 Å². The van der Waals surface area contributed by atoms with E-state index in [4.69, 9.17) is 18.9 Å². The van der Waals surface area contributed by atoms with Crippen LogP contribution in [0.5, 0.6) is 11.5 Å². The number of carbonyl (C=O) groups is 1. The van der Waals surface area contributed by atoms with Crippen molar-refractivity contribution in [2.24, 2.45) is 0 Å². The fourth-order valence-corrected chi connectivity index (χ4v) is 1.61. The normalized spacial score (nSPS) is 10.6. The number of hydrogen-bond acceptors (Lipinski definition) is 5. The molecule has 0 radical (unpaired) electrons. The minimum atomic E-state index is -0.449. The second-order valence-electron chi connectivity index (χ2n) is 3.75. The van der Waals surface area contributed by atoms with Crippen LogP contribution in [0.4, 0.5) is 0 Å². The Hall–Kier alpha value is -1.59. The van der Waals surface area contributed by atoms with Crippen molar-refractivity contribution < 1.29 is 23.7 Å². The number of rotatable bonds is 7. The summed E-state index contributed by atoms with van der Waals surface area (Å²) >= 11 is 0. The molecule has 0 aliphatic heterocycles. The van der Waals surface area contributed by atoms with E-state index in [-0.39, 0.29) is 0 Å². The van der Waals surface area contributed by atoms with Gasteiger partial charge in [-0.3, -0.25) is 4.79 Å². The molecule has 0 fully saturated rings. The first-order valence-electron chi connectivity index (χ1n) is 6.21. The number of ether oxygens (including phenoxy) is 4. The zero-order valence-electron chi connectivity index (χ0n) is 11.8. The van der Waals surface area contributed by atoms with E-state index in [0.29, 0.717) is 24.7 Å². The Kier molecular flexibility index (Phi) is 6.32. The molecule has 0 aromatic heterocycles. The van der Waals surface area contributed by atoms with Gasteiger partial charge in [0.1, 0.15) is 0 Å². The maximum Gasteiger partial charge on any atom is 0.308 e. The van der Waals surface area contributed by atoms with Gasteiger partial charge in [-0.25, -0.2) is 0 Å². The molecule has 0 amide bonds. The van der Waals surface area contributed by atoms with Gasteiger partial charge in [0.05, 0.1) is 7.11 Å². The number of carbonyl (C=O) groups excluding carboxylic acids is 1. The highest BCUT2D eigenvalue weighted by atomic mass is 16.7. The van der Waals surface area contributed by atoms with Crippen molar-refractivity contribution in [3.05, 3.63) is 23.8 Å². The van der Waals surface area contributed by atoms with Crippen molar-refractivity contribution in [3.63, 3.8) is 0 Å². The predicted molar refractivity (Wildman–Crippen MR) is 70.3 cm³/mol. The predicted octanol–water partition coefficient (Wildman–Crippen LogP) is 2.69. The van der Waals surface area contributed by atoms with Crippen molar-refractivity contribution in [3.8, 4) is 11.5 Å². The van der Waals surface area contributed by atoms with Crippen LogP contribution in [0.25, 0.3) is 0 Å². The Bertz CT molecular complexity index is 410. The molecule has 0 spiro atoms. The second-order valence-corrected chi connectivity index (χ2v) is 3.75. The van der Waals surface area contributed by atoms with E-state index in [9.17, 15) is 4.79 Å². The number of esters is 1. The lowest BCUT2D eigenvalue weighted by Gasteiger charge is -2.18. The Morgan fingerprint density at radius 1 is 1.16 bits per heavy atom. The van der Waals surface area contributed by atoms with Crippen LogP contribution in [0.2, 0.25) is 0 Å². The number of hydrogen-bond donors (Lipinski definition) is 0. The van der Waals surface area contributed by atoms with Crippen LogP contribution in [-0.2, 0) is 14.3 Å². The zero-order chi connectivity index (χ0) is 14.3. The first-order valence-corrected chi connectivity index (χ1v) is 6.21. The molecule has 1 rings (SSSR count). The van der Waals surface area contributed by atoms with Gasteiger partial charge < -0.3 is 18.9 Å². The maximum absolute atomic E-state index is 11.0. The first kappa shape index (κ1) is 15.5. The van der Waals surface area contributed by atoms with Crippen LogP contribution in [0.1, 0.15) is 32.6 Å². The van der Waals surface area contributed by atoms with Crippen LogP contribution >= 0.6 is 0 Å². The fraction of sp³-hybridized carbons (Fsp3) is 0.500. The second kappa shape index (κ2) is 7.76. The molecule has 0 aliphatic carbocycles. The third kappa shape index (κ3) is 4.54. The molecular formula is C14H20O5. The molecule has 1 aromatic rings. The zero-order valence-corrected chi connectivity index (χ0v) is 11.8. The van der Waals surface area contributed by atoms with E-state index in [1.807, 2.05) is 13.8 Å². The largest absolute Gasteiger partial charge is 0.493 e. The van der Waals surface area contributed by atoms with Crippen molar-refractivity contribution in [2.75, 3.05) is 20.3 Å². The lowest BCUT2D eigenvalue weighted by Crippen LogP contribution is -2.10. The maximum atomic E-state index is 11.0. The summed E-state index contributed by atoms with van der Waals surface area (Å²) in [5.74, 6) is 0.458. The molecule has 0 aliphatic rings. The first-order chi connectivity index (χ1) is 9.12. The Morgan fingerprint density at radius 3 is 2.26 bits per heavy atom. The van der Waals surface area contributed by atoms with E-state index in [1.54, 1.807) is 18.2 Å². The summed E-state index contributed by atoms with van der Waals surface area (Å²) in [7, 11) is 1.52. The van der Waals surface area contributed by atoms with Crippen LogP contribution in [0.3, 0.4) is 0 Å². The summed E-state index contributed by atoms with van der Waals surface area (Å²) in [6, 6.07) is 5.20.